The zero-order valence-corrected chi connectivity index (χ0v) is 12.8. The van der Waals surface area contributed by atoms with E-state index in [9.17, 15) is 5.11 Å². The van der Waals surface area contributed by atoms with Crippen molar-refractivity contribution in [1.82, 2.24) is 4.90 Å². The van der Waals surface area contributed by atoms with Gasteiger partial charge in [-0.3, -0.25) is 4.90 Å². The Balaban J connectivity index is 1.86. The van der Waals surface area contributed by atoms with Gasteiger partial charge >= 0.3 is 0 Å². The Kier molecular flexibility index (Phi) is 5.67. The van der Waals surface area contributed by atoms with Crippen LogP contribution in [-0.2, 0) is 4.74 Å². The Morgan fingerprint density at radius 1 is 1.26 bits per heavy atom. The molecule has 0 bridgehead atoms. The molecule has 0 aromatic heterocycles. The number of hydrogen-bond acceptors (Lipinski definition) is 3. The summed E-state index contributed by atoms with van der Waals surface area (Å²) in [6.07, 6.45) is 4.53. The molecular weight excluding hydrogens is 238 g/mol. The molecule has 0 radical (unpaired) electrons. The summed E-state index contributed by atoms with van der Waals surface area (Å²) in [7, 11) is 0. The van der Waals surface area contributed by atoms with Gasteiger partial charge in [-0.1, -0.05) is 27.2 Å². The van der Waals surface area contributed by atoms with E-state index in [1.54, 1.807) is 0 Å². The maximum atomic E-state index is 10.6. The SMILES string of the molecule is CCCN1CCOC(C(O)C2CCC(C)C(C)C2)C1. The van der Waals surface area contributed by atoms with Crippen LogP contribution >= 0.6 is 0 Å². The summed E-state index contributed by atoms with van der Waals surface area (Å²) in [5, 5.41) is 10.6. The molecule has 0 spiro atoms. The molecule has 0 aromatic carbocycles. The molecule has 2 aliphatic rings. The van der Waals surface area contributed by atoms with Crippen LogP contribution in [-0.4, -0.2) is 48.5 Å². The van der Waals surface area contributed by atoms with Gasteiger partial charge in [0.05, 0.1) is 18.8 Å². The van der Waals surface area contributed by atoms with Gasteiger partial charge in [0.1, 0.15) is 0 Å². The Morgan fingerprint density at radius 2 is 2.05 bits per heavy atom. The lowest BCUT2D eigenvalue weighted by Crippen LogP contribution is -2.50. The number of aliphatic hydroxyl groups excluding tert-OH is 1. The highest BCUT2D eigenvalue weighted by Gasteiger charge is 2.35. The number of rotatable bonds is 4. The zero-order valence-electron chi connectivity index (χ0n) is 12.8. The maximum absolute atomic E-state index is 10.6. The number of ether oxygens (including phenoxy) is 1. The highest BCUT2D eigenvalue weighted by molar-refractivity contribution is 4.86. The highest BCUT2D eigenvalue weighted by Crippen LogP contribution is 2.36. The molecule has 2 fully saturated rings. The standard InChI is InChI=1S/C16H31NO2/c1-4-7-17-8-9-19-15(11-17)16(18)14-6-5-12(2)13(3)10-14/h12-16,18H,4-11H2,1-3H3. The van der Waals surface area contributed by atoms with Crippen molar-refractivity contribution in [3.8, 4) is 0 Å². The highest BCUT2D eigenvalue weighted by atomic mass is 16.5. The Hall–Kier alpha value is -0.120. The topological polar surface area (TPSA) is 32.7 Å². The fraction of sp³-hybridized carbons (Fsp3) is 1.00. The fourth-order valence-corrected chi connectivity index (χ4v) is 3.66. The van der Waals surface area contributed by atoms with Gasteiger partial charge in [0, 0.05) is 13.1 Å². The summed E-state index contributed by atoms with van der Waals surface area (Å²) >= 11 is 0. The lowest BCUT2D eigenvalue weighted by atomic mass is 9.73. The number of aliphatic hydroxyl groups is 1. The van der Waals surface area contributed by atoms with Crippen LogP contribution in [0.3, 0.4) is 0 Å². The molecule has 1 heterocycles. The second-order valence-electron chi connectivity index (χ2n) is 6.73. The van der Waals surface area contributed by atoms with E-state index in [-0.39, 0.29) is 12.2 Å². The van der Waals surface area contributed by atoms with Crippen molar-refractivity contribution in [3.05, 3.63) is 0 Å². The van der Waals surface area contributed by atoms with Crippen molar-refractivity contribution in [2.75, 3.05) is 26.2 Å². The first kappa shape index (κ1) is 15.3. The van der Waals surface area contributed by atoms with Gasteiger partial charge in [0.25, 0.3) is 0 Å². The molecule has 112 valence electrons. The fourth-order valence-electron chi connectivity index (χ4n) is 3.66. The molecule has 19 heavy (non-hydrogen) atoms. The maximum Gasteiger partial charge on any atom is 0.0963 e. The molecule has 1 saturated carbocycles. The molecule has 1 N–H and O–H groups in total. The zero-order chi connectivity index (χ0) is 13.8. The Morgan fingerprint density at radius 3 is 2.74 bits per heavy atom. The molecule has 2 rings (SSSR count). The predicted octanol–water partition coefficient (Wildman–Crippen LogP) is 2.53. The van der Waals surface area contributed by atoms with Crippen LogP contribution < -0.4 is 0 Å². The van der Waals surface area contributed by atoms with Gasteiger partial charge in [0.2, 0.25) is 0 Å². The van der Waals surface area contributed by atoms with E-state index >= 15 is 0 Å². The van der Waals surface area contributed by atoms with Crippen molar-refractivity contribution < 1.29 is 9.84 Å². The van der Waals surface area contributed by atoms with Crippen molar-refractivity contribution in [2.24, 2.45) is 17.8 Å². The number of hydrogen-bond donors (Lipinski definition) is 1. The van der Waals surface area contributed by atoms with Crippen LogP contribution in [0.4, 0.5) is 0 Å². The van der Waals surface area contributed by atoms with Gasteiger partial charge in [0.15, 0.2) is 0 Å². The van der Waals surface area contributed by atoms with E-state index < -0.39 is 0 Å². The van der Waals surface area contributed by atoms with Gasteiger partial charge in [-0.15, -0.1) is 0 Å². The average Bonchev–Trinajstić information content (AvgIpc) is 2.42. The van der Waals surface area contributed by atoms with Crippen LogP contribution in [0.5, 0.6) is 0 Å². The minimum Gasteiger partial charge on any atom is -0.390 e. The summed E-state index contributed by atoms with van der Waals surface area (Å²) < 4.78 is 5.84. The Labute approximate surface area is 118 Å². The summed E-state index contributed by atoms with van der Waals surface area (Å²) in [4.78, 5) is 2.44. The molecule has 5 atom stereocenters. The molecule has 0 aromatic rings. The largest absolute Gasteiger partial charge is 0.390 e. The smallest absolute Gasteiger partial charge is 0.0963 e. The van der Waals surface area contributed by atoms with Gasteiger partial charge in [-0.25, -0.2) is 0 Å². The summed E-state index contributed by atoms with van der Waals surface area (Å²) in [6, 6.07) is 0. The monoisotopic (exact) mass is 269 g/mol. The van der Waals surface area contributed by atoms with Crippen LogP contribution in [0, 0.1) is 17.8 Å². The van der Waals surface area contributed by atoms with E-state index in [0.717, 1.165) is 44.5 Å². The summed E-state index contributed by atoms with van der Waals surface area (Å²) in [5.74, 6) is 1.99. The first-order valence-corrected chi connectivity index (χ1v) is 8.13. The lowest BCUT2D eigenvalue weighted by molar-refractivity contribution is -0.113. The molecule has 3 heteroatoms. The molecule has 1 saturated heterocycles. The Bertz CT molecular complexity index is 269. The molecule has 0 amide bonds. The van der Waals surface area contributed by atoms with Crippen molar-refractivity contribution in [3.63, 3.8) is 0 Å². The summed E-state index contributed by atoms with van der Waals surface area (Å²) in [5.41, 5.74) is 0. The van der Waals surface area contributed by atoms with Crippen LogP contribution in [0.25, 0.3) is 0 Å². The quantitative estimate of drug-likeness (QED) is 0.851. The molecule has 1 aliphatic carbocycles. The summed E-state index contributed by atoms with van der Waals surface area (Å²) in [6.45, 7) is 10.7. The number of morpholine rings is 1. The van der Waals surface area contributed by atoms with Crippen molar-refractivity contribution in [1.29, 1.82) is 0 Å². The number of nitrogens with zero attached hydrogens (tertiary/aromatic N) is 1. The first-order valence-electron chi connectivity index (χ1n) is 8.13. The molecular formula is C16H31NO2. The van der Waals surface area contributed by atoms with E-state index in [4.69, 9.17) is 4.74 Å². The van der Waals surface area contributed by atoms with Crippen LogP contribution in [0.15, 0.2) is 0 Å². The van der Waals surface area contributed by atoms with Gasteiger partial charge in [-0.05, 0) is 43.6 Å². The van der Waals surface area contributed by atoms with E-state index in [1.807, 2.05) is 0 Å². The van der Waals surface area contributed by atoms with E-state index in [2.05, 4.69) is 25.7 Å². The first-order chi connectivity index (χ1) is 9.11. The lowest BCUT2D eigenvalue weighted by Gasteiger charge is -2.41. The minimum absolute atomic E-state index is 0.0332. The third kappa shape index (κ3) is 3.93. The minimum atomic E-state index is -0.269. The van der Waals surface area contributed by atoms with E-state index in [1.165, 1.54) is 19.3 Å². The van der Waals surface area contributed by atoms with Crippen LogP contribution in [0.2, 0.25) is 0 Å². The van der Waals surface area contributed by atoms with Gasteiger partial charge < -0.3 is 9.84 Å². The second kappa shape index (κ2) is 7.05. The third-order valence-corrected chi connectivity index (χ3v) is 5.22. The third-order valence-electron chi connectivity index (χ3n) is 5.22. The predicted molar refractivity (Wildman–Crippen MR) is 78.1 cm³/mol. The van der Waals surface area contributed by atoms with Crippen LogP contribution in [0.1, 0.15) is 46.5 Å². The normalized spacial score (nSPS) is 39.2. The average molecular weight is 269 g/mol. The van der Waals surface area contributed by atoms with Crippen molar-refractivity contribution in [2.45, 2.75) is 58.7 Å². The second-order valence-corrected chi connectivity index (χ2v) is 6.73. The molecule has 1 aliphatic heterocycles. The molecule has 5 unspecified atom stereocenters. The van der Waals surface area contributed by atoms with Gasteiger partial charge in [-0.2, -0.15) is 0 Å². The van der Waals surface area contributed by atoms with E-state index in [0.29, 0.717) is 5.92 Å². The molecule has 3 nitrogen and oxygen atoms in total. The van der Waals surface area contributed by atoms with Crippen molar-refractivity contribution >= 4 is 0 Å².